The molecule has 1 aromatic carbocycles. The maximum atomic E-state index is 12.9. The molecule has 1 aromatic rings. The SMILES string of the molecule is O=C(c1ccc(F)cc1)N1CCN2CCCC[C@H]2C1. The summed E-state index contributed by atoms with van der Waals surface area (Å²) in [5, 5.41) is 0. The van der Waals surface area contributed by atoms with Gasteiger partial charge < -0.3 is 4.90 Å². The lowest BCUT2D eigenvalue weighted by Crippen LogP contribution is -2.56. The first kappa shape index (κ1) is 12.6. The van der Waals surface area contributed by atoms with Gasteiger partial charge in [0.2, 0.25) is 0 Å². The molecule has 0 aliphatic carbocycles. The summed E-state index contributed by atoms with van der Waals surface area (Å²) in [5.74, 6) is -0.265. The van der Waals surface area contributed by atoms with Crippen LogP contribution in [0.4, 0.5) is 4.39 Å². The zero-order chi connectivity index (χ0) is 13.2. The fourth-order valence-electron chi connectivity index (χ4n) is 3.12. The topological polar surface area (TPSA) is 23.6 Å². The van der Waals surface area contributed by atoms with Gasteiger partial charge >= 0.3 is 0 Å². The predicted molar refractivity (Wildman–Crippen MR) is 71.5 cm³/mol. The van der Waals surface area contributed by atoms with Gasteiger partial charge in [-0.1, -0.05) is 6.42 Å². The summed E-state index contributed by atoms with van der Waals surface area (Å²) in [6.45, 7) is 3.74. The number of piperidine rings is 1. The number of nitrogens with zero attached hydrogens (tertiary/aromatic N) is 2. The van der Waals surface area contributed by atoms with Crippen molar-refractivity contribution in [3.05, 3.63) is 35.6 Å². The second-order valence-corrected chi connectivity index (χ2v) is 5.44. The molecule has 0 bridgehead atoms. The van der Waals surface area contributed by atoms with Gasteiger partial charge in [-0.2, -0.15) is 0 Å². The minimum Gasteiger partial charge on any atom is -0.336 e. The number of benzene rings is 1. The second-order valence-electron chi connectivity index (χ2n) is 5.44. The highest BCUT2D eigenvalue weighted by Gasteiger charge is 2.31. The molecule has 19 heavy (non-hydrogen) atoms. The number of fused-ring (bicyclic) bond motifs is 1. The predicted octanol–water partition coefficient (Wildman–Crippen LogP) is 2.14. The van der Waals surface area contributed by atoms with Crippen molar-refractivity contribution in [1.29, 1.82) is 0 Å². The van der Waals surface area contributed by atoms with Crippen molar-refractivity contribution in [1.82, 2.24) is 9.80 Å². The number of rotatable bonds is 1. The molecule has 2 aliphatic rings. The van der Waals surface area contributed by atoms with E-state index >= 15 is 0 Å². The highest BCUT2D eigenvalue weighted by molar-refractivity contribution is 5.94. The quantitative estimate of drug-likeness (QED) is 0.774. The standard InChI is InChI=1S/C15H19FN2O/c16-13-6-4-12(5-7-13)15(19)18-10-9-17-8-2-1-3-14(17)11-18/h4-7,14H,1-3,8-11H2/t14-/m0/s1. The molecule has 0 aromatic heterocycles. The van der Waals surface area contributed by atoms with Crippen LogP contribution in [0.5, 0.6) is 0 Å². The molecule has 0 N–H and O–H groups in total. The first-order chi connectivity index (χ1) is 9.24. The molecule has 3 rings (SSSR count). The molecule has 4 heteroatoms. The summed E-state index contributed by atoms with van der Waals surface area (Å²) < 4.78 is 12.9. The number of carbonyl (C=O) groups is 1. The number of piperazine rings is 1. The third-order valence-electron chi connectivity index (χ3n) is 4.22. The summed E-state index contributed by atoms with van der Waals surface area (Å²) in [6, 6.07) is 6.37. The van der Waals surface area contributed by atoms with E-state index in [0.29, 0.717) is 11.6 Å². The summed E-state index contributed by atoms with van der Waals surface area (Å²) in [7, 11) is 0. The summed E-state index contributed by atoms with van der Waals surface area (Å²) >= 11 is 0. The first-order valence-electron chi connectivity index (χ1n) is 7.03. The Morgan fingerprint density at radius 2 is 1.89 bits per heavy atom. The van der Waals surface area contributed by atoms with Gasteiger partial charge in [0.1, 0.15) is 5.82 Å². The van der Waals surface area contributed by atoms with Crippen LogP contribution in [-0.2, 0) is 0 Å². The normalized spacial score (nSPS) is 24.1. The molecule has 1 amide bonds. The molecule has 102 valence electrons. The minimum absolute atomic E-state index is 0.0326. The number of carbonyl (C=O) groups excluding carboxylic acids is 1. The lowest BCUT2D eigenvalue weighted by atomic mass is 9.99. The molecule has 2 saturated heterocycles. The van der Waals surface area contributed by atoms with Crippen LogP contribution in [-0.4, -0.2) is 47.9 Å². The number of halogens is 1. The molecule has 0 unspecified atom stereocenters. The third-order valence-corrected chi connectivity index (χ3v) is 4.22. The lowest BCUT2D eigenvalue weighted by Gasteiger charge is -2.44. The molecule has 1 atom stereocenters. The van der Waals surface area contributed by atoms with Gasteiger partial charge in [-0.05, 0) is 43.7 Å². The number of hydrogen-bond donors (Lipinski definition) is 0. The van der Waals surface area contributed by atoms with E-state index in [1.165, 1.54) is 37.9 Å². The van der Waals surface area contributed by atoms with Gasteiger partial charge in [-0.3, -0.25) is 9.69 Å². The zero-order valence-corrected chi connectivity index (χ0v) is 11.0. The molecule has 3 nitrogen and oxygen atoms in total. The van der Waals surface area contributed by atoms with Gasteiger partial charge in [0, 0.05) is 31.2 Å². The van der Waals surface area contributed by atoms with Crippen LogP contribution in [0.2, 0.25) is 0 Å². The van der Waals surface area contributed by atoms with Crippen LogP contribution in [0.1, 0.15) is 29.6 Å². The lowest BCUT2D eigenvalue weighted by molar-refractivity contribution is 0.0372. The molecule has 0 spiro atoms. The van der Waals surface area contributed by atoms with E-state index in [9.17, 15) is 9.18 Å². The van der Waals surface area contributed by atoms with Crippen molar-refractivity contribution in [3.8, 4) is 0 Å². The average Bonchev–Trinajstić information content (AvgIpc) is 2.47. The van der Waals surface area contributed by atoms with E-state index < -0.39 is 0 Å². The van der Waals surface area contributed by atoms with E-state index in [1.807, 2.05) is 4.90 Å². The zero-order valence-electron chi connectivity index (χ0n) is 11.0. The molecular weight excluding hydrogens is 243 g/mol. The number of hydrogen-bond acceptors (Lipinski definition) is 2. The van der Waals surface area contributed by atoms with Crippen molar-refractivity contribution in [2.45, 2.75) is 25.3 Å². The van der Waals surface area contributed by atoms with Crippen LogP contribution in [0, 0.1) is 5.82 Å². The molecular formula is C15H19FN2O. The molecule has 0 radical (unpaired) electrons. The molecule has 2 aliphatic heterocycles. The van der Waals surface area contributed by atoms with Gasteiger partial charge in [-0.25, -0.2) is 4.39 Å². The fraction of sp³-hybridized carbons (Fsp3) is 0.533. The monoisotopic (exact) mass is 262 g/mol. The van der Waals surface area contributed by atoms with E-state index in [2.05, 4.69) is 4.90 Å². The Kier molecular flexibility index (Phi) is 3.51. The van der Waals surface area contributed by atoms with Crippen LogP contribution < -0.4 is 0 Å². The highest BCUT2D eigenvalue weighted by Crippen LogP contribution is 2.22. The van der Waals surface area contributed by atoms with Crippen LogP contribution in [0.3, 0.4) is 0 Å². The van der Waals surface area contributed by atoms with Crippen molar-refractivity contribution in [3.63, 3.8) is 0 Å². The molecule has 2 heterocycles. The minimum atomic E-state index is -0.298. The fourth-order valence-corrected chi connectivity index (χ4v) is 3.12. The Hall–Kier alpha value is -1.42. The van der Waals surface area contributed by atoms with Crippen molar-refractivity contribution >= 4 is 5.91 Å². The largest absolute Gasteiger partial charge is 0.336 e. The Morgan fingerprint density at radius 1 is 1.11 bits per heavy atom. The first-order valence-corrected chi connectivity index (χ1v) is 7.03. The maximum absolute atomic E-state index is 12.9. The average molecular weight is 262 g/mol. The van der Waals surface area contributed by atoms with Crippen molar-refractivity contribution < 1.29 is 9.18 Å². The van der Waals surface area contributed by atoms with Gasteiger partial charge in [0.25, 0.3) is 5.91 Å². The summed E-state index contributed by atoms with van der Waals surface area (Å²) in [5.41, 5.74) is 0.589. The smallest absolute Gasteiger partial charge is 0.253 e. The maximum Gasteiger partial charge on any atom is 0.253 e. The van der Waals surface area contributed by atoms with Gasteiger partial charge in [0.15, 0.2) is 0 Å². The van der Waals surface area contributed by atoms with E-state index in [4.69, 9.17) is 0 Å². The summed E-state index contributed by atoms with van der Waals surface area (Å²) in [4.78, 5) is 16.8. The molecule has 2 fully saturated rings. The van der Waals surface area contributed by atoms with E-state index in [1.54, 1.807) is 12.1 Å². The third kappa shape index (κ3) is 2.63. The van der Waals surface area contributed by atoms with Crippen LogP contribution in [0.15, 0.2) is 24.3 Å². The number of amides is 1. The Balaban J connectivity index is 1.69. The highest BCUT2D eigenvalue weighted by atomic mass is 19.1. The molecule has 0 saturated carbocycles. The van der Waals surface area contributed by atoms with Crippen LogP contribution in [0.25, 0.3) is 0 Å². The second kappa shape index (κ2) is 5.29. The van der Waals surface area contributed by atoms with E-state index in [-0.39, 0.29) is 11.7 Å². The Labute approximate surface area is 113 Å². The van der Waals surface area contributed by atoms with Crippen molar-refractivity contribution in [2.24, 2.45) is 0 Å². The van der Waals surface area contributed by atoms with E-state index in [0.717, 1.165) is 19.6 Å². The Bertz CT molecular complexity index is 460. The van der Waals surface area contributed by atoms with Crippen LogP contribution >= 0.6 is 0 Å². The van der Waals surface area contributed by atoms with Gasteiger partial charge in [0.05, 0.1) is 0 Å². The van der Waals surface area contributed by atoms with Gasteiger partial charge in [-0.15, -0.1) is 0 Å². The van der Waals surface area contributed by atoms with Crippen molar-refractivity contribution in [2.75, 3.05) is 26.2 Å². The Morgan fingerprint density at radius 3 is 2.68 bits per heavy atom. The summed E-state index contributed by atoms with van der Waals surface area (Å²) in [6.07, 6.45) is 3.73.